The van der Waals surface area contributed by atoms with Crippen LogP contribution in [0.2, 0.25) is 0 Å². The fraction of sp³-hybridized carbons (Fsp3) is 0.883. The van der Waals surface area contributed by atoms with E-state index in [1.165, 1.54) is 122 Å². The topological polar surface area (TPSA) is 185 Å². The molecule has 0 aliphatic carbocycles. The molecule has 440 valence electrons. The average Bonchev–Trinajstić information content (AvgIpc) is 3.31. The zero-order chi connectivity index (χ0) is 56.2. The third-order valence-corrected chi connectivity index (χ3v) is 12.5. The summed E-state index contributed by atoms with van der Waals surface area (Å²) >= 11 is 0. The Bertz CT molecular complexity index is 1490. The highest BCUT2D eigenvalue weighted by Gasteiger charge is 2.25. The van der Waals surface area contributed by atoms with Crippen LogP contribution in [0.5, 0.6) is 0 Å². The van der Waals surface area contributed by atoms with Crippen molar-refractivity contribution in [3.05, 3.63) is 12.2 Å². The molecule has 15 heteroatoms. The Morgan fingerprint density at radius 3 is 1.23 bits per heavy atom. The average molecular weight is 1070 g/mol. The second-order valence-corrected chi connectivity index (χ2v) is 23.7. The lowest BCUT2D eigenvalue weighted by Gasteiger charge is -2.29. The zero-order valence-corrected chi connectivity index (χ0v) is 50.0. The molecule has 0 rings (SSSR count). The van der Waals surface area contributed by atoms with Crippen LogP contribution < -0.4 is 16.0 Å². The van der Waals surface area contributed by atoms with Crippen molar-refractivity contribution >= 4 is 30.3 Å². The molecule has 0 aliphatic rings. The highest BCUT2D eigenvalue weighted by atomic mass is 16.6. The first kappa shape index (κ1) is 71.2. The van der Waals surface area contributed by atoms with Crippen LogP contribution in [0.25, 0.3) is 0 Å². The van der Waals surface area contributed by atoms with E-state index < -0.39 is 53.3 Å². The van der Waals surface area contributed by atoms with Crippen LogP contribution >= 0.6 is 0 Å². The minimum Gasteiger partial charge on any atom is -0.447 e. The summed E-state index contributed by atoms with van der Waals surface area (Å²) in [5, 5.41) is 19.7. The van der Waals surface area contributed by atoms with E-state index in [2.05, 4.69) is 29.8 Å². The number of ether oxygens (including phenoxy) is 4. The molecule has 5 amide bonds. The number of alkyl carbamates (subject to hydrolysis) is 2. The SMILES string of the molecule is CCCCCCCCCCCCC/C=C/[C@@H](O)[C@H](COC(=O)NCCCN(CCCCN(CCCNC(=O)OC(C)(C)C)C(=O)OC(C)(C)C)C(=O)OC(C)(C)C)NC(=O)CCCCCCCCCCCCCCC. The molecule has 0 aromatic carbocycles. The molecule has 0 unspecified atom stereocenters. The van der Waals surface area contributed by atoms with Crippen LogP contribution in [0.4, 0.5) is 19.2 Å². The van der Waals surface area contributed by atoms with E-state index in [4.69, 9.17) is 18.9 Å². The first-order chi connectivity index (χ1) is 35.6. The maximum atomic E-state index is 13.3. The van der Waals surface area contributed by atoms with Gasteiger partial charge in [0.25, 0.3) is 0 Å². The molecule has 0 radical (unpaired) electrons. The number of hydrogen-bond acceptors (Lipinski definition) is 10. The number of amides is 5. The summed E-state index contributed by atoms with van der Waals surface area (Å²) < 4.78 is 22.3. The molecule has 15 nitrogen and oxygen atoms in total. The molecule has 0 aliphatic heterocycles. The third kappa shape index (κ3) is 47.2. The summed E-state index contributed by atoms with van der Waals surface area (Å²) in [5.41, 5.74) is -2.03. The first-order valence-electron chi connectivity index (χ1n) is 30.0. The Morgan fingerprint density at radius 2 is 0.827 bits per heavy atom. The van der Waals surface area contributed by atoms with Crippen LogP contribution in [0.1, 0.15) is 269 Å². The Morgan fingerprint density at radius 1 is 0.467 bits per heavy atom. The van der Waals surface area contributed by atoms with Crippen LogP contribution in [-0.2, 0) is 23.7 Å². The van der Waals surface area contributed by atoms with Crippen molar-refractivity contribution in [2.75, 3.05) is 45.9 Å². The number of aliphatic hydroxyl groups is 1. The number of unbranched alkanes of at least 4 members (excludes halogenated alkanes) is 24. The molecule has 0 aromatic rings. The minimum atomic E-state index is -1.03. The van der Waals surface area contributed by atoms with Gasteiger partial charge in [0.05, 0.1) is 12.1 Å². The van der Waals surface area contributed by atoms with Gasteiger partial charge in [-0.15, -0.1) is 0 Å². The third-order valence-electron chi connectivity index (χ3n) is 12.5. The van der Waals surface area contributed by atoms with Crippen molar-refractivity contribution in [2.45, 2.75) is 298 Å². The molecule has 0 fully saturated rings. The van der Waals surface area contributed by atoms with E-state index in [0.717, 1.165) is 38.5 Å². The lowest BCUT2D eigenvalue weighted by atomic mass is 10.0. The molecular weight excluding hydrogens is 951 g/mol. The summed E-state index contributed by atoms with van der Waals surface area (Å²) in [6, 6.07) is -0.804. The summed E-state index contributed by atoms with van der Waals surface area (Å²) in [4.78, 5) is 67.9. The number of carbonyl (C=O) groups is 5. The Balaban J connectivity index is 5.29. The number of nitrogens with one attached hydrogen (secondary N) is 3. The smallest absolute Gasteiger partial charge is 0.410 e. The van der Waals surface area contributed by atoms with Crippen molar-refractivity contribution < 1.29 is 48.0 Å². The van der Waals surface area contributed by atoms with Gasteiger partial charge >= 0.3 is 24.4 Å². The Kier molecular flexibility index (Phi) is 42.0. The van der Waals surface area contributed by atoms with Crippen LogP contribution in [0.15, 0.2) is 12.2 Å². The van der Waals surface area contributed by atoms with Crippen molar-refractivity contribution in [1.29, 1.82) is 0 Å². The summed E-state index contributed by atoms with van der Waals surface area (Å²) in [6.07, 6.45) is 33.5. The Labute approximate surface area is 458 Å². The maximum absolute atomic E-state index is 13.3. The normalized spacial score (nSPS) is 12.7. The molecule has 4 N–H and O–H groups in total. The van der Waals surface area contributed by atoms with Gasteiger partial charge in [-0.25, -0.2) is 19.2 Å². The molecule has 0 aromatic heterocycles. The van der Waals surface area contributed by atoms with E-state index in [1.54, 1.807) is 57.4 Å². The molecule has 0 bridgehead atoms. The predicted octanol–water partition coefficient (Wildman–Crippen LogP) is 14.9. The number of nitrogens with zero attached hydrogens (tertiary/aromatic N) is 2. The molecule has 2 atom stereocenters. The fourth-order valence-corrected chi connectivity index (χ4v) is 8.40. The summed E-state index contributed by atoms with van der Waals surface area (Å²) in [6.45, 7) is 22.4. The van der Waals surface area contributed by atoms with E-state index in [-0.39, 0.29) is 19.1 Å². The lowest BCUT2D eigenvalue weighted by Crippen LogP contribution is -2.46. The van der Waals surface area contributed by atoms with Crippen LogP contribution in [0, 0.1) is 0 Å². The molecule has 0 saturated heterocycles. The largest absolute Gasteiger partial charge is 0.447 e. The van der Waals surface area contributed by atoms with Gasteiger partial charge in [0.15, 0.2) is 0 Å². The number of hydrogen-bond donors (Lipinski definition) is 4. The van der Waals surface area contributed by atoms with Crippen molar-refractivity contribution in [2.24, 2.45) is 0 Å². The number of allylic oxidation sites excluding steroid dienone is 1. The second kappa shape index (κ2) is 44.3. The fourth-order valence-electron chi connectivity index (χ4n) is 8.40. The van der Waals surface area contributed by atoms with E-state index in [1.807, 2.05) is 26.8 Å². The van der Waals surface area contributed by atoms with Gasteiger partial charge in [-0.05, 0) is 107 Å². The summed E-state index contributed by atoms with van der Waals surface area (Å²) in [5.74, 6) is -0.169. The quantitative estimate of drug-likeness (QED) is 0.0260. The number of rotatable bonds is 44. The van der Waals surface area contributed by atoms with Gasteiger partial charge < -0.3 is 49.8 Å². The van der Waals surface area contributed by atoms with Gasteiger partial charge in [0, 0.05) is 45.7 Å². The number of aliphatic hydroxyl groups excluding tert-OH is 1. The van der Waals surface area contributed by atoms with Crippen LogP contribution in [0.3, 0.4) is 0 Å². The van der Waals surface area contributed by atoms with E-state index >= 15 is 0 Å². The van der Waals surface area contributed by atoms with Crippen LogP contribution in [-0.4, -0.2) is 120 Å². The lowest BCUT2D eigenvalue weighted by molar-refractivity contribution is -0.123. The van der Waals surface area contributed by atoms with Gasteiger partial charge in [-0.1, -0.05) is 167 Å². The zero-order valence-electron chi connectivity index (χ0n) is 50.0. The van der Waals surface area contributed by atoms with Gasteiger partial charge in [-0.2, -0.15) is 0 Å². The van der Waals surface area contributed by atoms with Gasteiger partial charge in [0.1, 0.15) is 23.4 Å². The van der Waals surface area contributed by atoms with E-state index in [0.29, 0.717) is 64.8 Å². The molecule has 0 saturated carbocycles. The van der Waals surface area contributed by atoms with Crippen molar-refractivity contribution in [1.82, 2.24) is 25.8 Å². The van der Waals surface area contributed by atoms with Crippen molar-refractivity contribution in [3.63, 3.8) is 0 Å². The second-order valence-electron chi connectivity index (χ2n) is 23.7. The molecule has 75 heavy (non-hydrogen) atoms. The molecule has 0 spiro atoms. The van der Waals surface area contributed by atoms with Gasteiger partial charge in [0.2, 0.25) is 5.91 Å². The predicted molar refractivity (Wildman–Crippen MR) is 306 cm³/mol. The standard InChI is InChI=1S/C60H115N5O10/c1-12-14-16-18-20-22-24-26-28-30-32-34-36-42-52(66)51(63-53(67)43-37-35-33-31-29-27-25-23-21-19-17-15-13-2)50-72-54(68)61-44-40-48-64(56(70)74-59(6,7)8)46-38-39-47-65(57(71)75-60(9,10)11)49-41-45-62-55(69)73-58(3,4)5/h36,42,51-52,66H,12-35,37-41,43-50H2,1-11H3,(H,61,68)(H,62,69)(H,63,67)/b42-36+/t51-,52+/m0/s1. The van der Waals surface area contributed by atoms with Crippen molar-refractivity contribution in [3.8, 4) is 0 Å². The van der Waals surface area contributed by atoms with Gasteiger partial charge in [-0.3, -0.25) is 4.79 Å². The molecular formula is C60H115N5O10. The minimum absolute atomic E-state index is 0.169. The number of carbonyl (C=O) groups excluding carboxylic acids is 5. The Hall–Kier alpha value is -3.75. The van der Waals surface area contributed by atoms with E-state index in [9.17, 15) is 29.1 Å². The highest BCUT2D eigenvalue weighted by molar-refractivity contribution is 5.76. The summed E-state index contributed by atoms with van der Waals surface area (Å²) in [7, 11) is 0. The first-order valence-corrected chi connectivity index (χ1v) is 30.0. The molecule has 0 heterocycles. The highest BCUT2D eigenvalue weighted by Crippen LogP contribution is 2.17. The maximum Gasteiger partial charge on any atom is 0.410 e. The monoisotopic (exact) mass is 1070 g/mol.